The first-order valence-electron chi connectivity index (χ1n) is 11.7. The van der Waals surface area contributed by atoms with Crippen LogP contribution in [0.15, 0.2) is 48.5 Å². The summed E-state index contributed by atoms with van der Waals surface area (Å²) in [5, 5.41) is 5.74. The molecule has 33 heavy (non-hydrogen) atoms. The number of anilines is 2. The lowest BCUT2D eigenvalue weighted by atomic mass is 9.86. The Balaban J connectivity index is 1.25. The zero-order valence-corrected chi connectivity index (χ0v) is 19.4. The monoisotopic (exact) mass is 452 g/mol. The molecule has 2 saturated heterocycles. The second-order valence-electron chi connectivity index (χ2n) is 9.43. The second kappa shape index (κ2) is 10.4. The third kappa shape index (κ3) is 6.18. The molecule has 0 aliphatic carbocycles. The minimum atomic E-state index is -0.304. The van der Waals surface area contributed by atoms with Crippen LogP contribution in [0.3, 0.4) is 0 Å². The van der Waals surface area contributed by atoms with Gasteiger partial charge in [0.15, 0.2) is 0 Å². The van der Waals surface area contributed by atoms with Crippen LogP contribution in [0.5, 0.6) is 0 Å². The third-order valence-electron chi connectivity index (χ3n) is 6.94. The minimum absolute atomic E-state index is 0.0242. The highest BCUT2D eigenvalue weighted by Crippen LogP contribution is 2.33. The number of halogens is 1. The van der Waals surface area contributed by atoms with E-state index in [0.717, 1.165) is 51.1 Å². The summed E-state index contributed by atoms with van der Waals surface area (Å²) in [4.78, 5) is 28.7. The van der Waals surface area contributed by atoms with E-state index in [4.69, 9.17) is 0 Å². The molecule has 2 N–H and O–H groups in total. The zero-order valence-electron chi connectivity index (χ0n) is 19.4. The largest absolute Gasteiger partial charge is 0.326 e. The molecule has 0 aromatic heterocycles. The smallest absolute Gasteiger partial charge is 0.228 e. The lowest BCUT2D eigenvalue weighted by molar-refractivity contribution is -0.119. The van der Waals surface area contributed by atoms with Gasteiger partial charge >= 0.3 is 0 Å². The van der Waals surface area contributed by atoms with Crippen molar-refractivity contribution < 1.29 is 14.0 Å². The molecule has 2 amide bonds. The number of nitrogens with one attached hydrogen (secondary N) is 2. The van der Waals surface area contributed by atoms with E-state index in [0.29, 0.717) is 17.6 Å². The van der Waals surface area contributed by atoms with Gasteiger partial charge in [0.1, 0.15) is 5.82 Å². The van der Waals surface area contributed by atoms with Gasteiger partial charge in [0, 0.05) is 37.4 Å². The Morgan fingerprint density at radius 1 is 0.970 bits per heavy atom. The number of rotatable bonds is 6. The van der Waals surface area contributed by atoms with Crippen LogP contribution in [0.4, 0.5) is 15.8 Å². The number of nitrogens with zero attached hydrogens (tertiary/aromatic N) is 2. The van der Waals surface area contributed by atoms with Crippen molar-refractivity contribution in [2.45, 2.75) is 38.8 Å². The summed E-state index contributed by atoms with van der Waals surface area (Å²) in [5.74, 6) is 0.220. The minimum Gasteiger partial charge on any atom is -0.326 e. The second-order valence-corrected chi connectivity index (χ2v) is 9.43. The van der Waals surface area contributed by atoms with Gasteiger partial charge in [-0.25, -0.2) is 4.39 Å². The molecule has 2 heterocycles. The maximum absolute atomic E-state index is 13.1. The quantitative estimate of drug-likeness (QED) is 0.697. The molecule has 4 rings (SSSR count). The SMILES string of the molecule is CC(=O)Nc1ccc(CN2CCC([C@@H]3C[C@@H](C(=O)Nc4ccc(F)cc4)CN3C)CC2)cc1. The molecule has 0 saturated carbocycles. The highest BCUT2D eigenvalue weighted by molar-refractivity contribution is 5.93. The number of benzene rings is 2. The third-order valence-corrected chi connectivity index (χ3v) is 6.94. The Kier molecular flexibility index (Phi) is 7.40. The van der Waals surface area contributed by atoms with Gasteiger partial charge in [0.05, 0.1) is 5.92 Å². The van der Waals surface area contributed by atoms with Gasteiger partial charge in [-0.05, 0) is 87.3 Å². The Labute approximate surface area is 195 Å². The molecule has 2 aliphatic rings. The van der Waals surface area contributed by atoms with Crippen LogP contribution in [-0.4, -0.2) is 54.3 Å². The molecule has 0 spiro atoms. The van der Waals surface area contributed by atoms with Gasteiger partial charge in [0.2, 0.25) is 11.8 Å². The standard InChI is InChI=1S/C26H33FN4O2/c1-18(32)28-23-7-3-19(4-8-23)16-31-13-11-20(12-14-31)25-15-21(17-30(25)2)26(33)29-24-9-5-22(27)6-10-24/h3-10,20-21,25H,11-17H2,1-2H3,(H,28,32)(H,29,33)/t21-,25+/m1/s1. The van der Waals surface area contributed by atoms with Gasteiger partial charge in [-0.1, -0.05) is 12.1 Å². The number of hydrogen-bond donors (Lipinski definition) is 2. The van der Waals surface area contributed by atoms with E-state index in [9.17, 15) is 14.0 Å². The van der Waals surface area contributed by atoms with Crippen LogP contribution < -0.4 is 10.6 Å². The molecule has 2 aliphatic heterocycles. The van der Waals surface area contributed by atoms with Crippen LogP contribution in [0.2, 0.25) is 0 Å². The highest BCUT2D eigenvalue weighted by atomic mass is 19.1. The first-order valence-corrected chi connectivity index (χ1v) is 11.7. The zero-order chi connectivity index (χ0) is 23.4. The molecule has 2 atom stereocenters. The summed E-state index contributed by atoms with van der Waals surface area (Å²) in [6.45, 7) is 5.29. The fraction of sp³-hybridized carbons (Fsp3) is 0.462. The first kappa shape index (κ1) is 23.4. The summed E-state index contributed by atoms with van der Waals surface area (Å²) in [7, 11) is 2.12. The normalized spacial score (nSPS) is 22.3. The average Bonchev–Trinajstić information content (AvgIpc) is 3.19. The number of piperidine rings is 1. The summed E-state index contributed by atoms with van der Waals surface area (Å²) < 4.78 is 13.1. The van der Waals surface area contributed by atoms with Crippen LogP contribution in [0.25, 0.3) is 0 Å². The topological polar surface area (TPSA) is 64.7 Å². The van der Waals surface area contributed by atoms with Gasteiger partial charge in [0.25, 0.3) is 0 Å². The molecule has 0 unspecified atom stereocenters. The fourth-order valence-corrected chi connectivity index (χ4v) is 5.20. The van der Waals surface area contributed by atoms with Crippen LogP contribution in [-0.2, 0) is 16.1 Å². The molecule has 7 heteroatoms. The molecular weight excluding hydrogens is 419 g/mol. The molecule has 2 aromatic rings. The lowest BCUT2D eigenvalue weighted by Crippen LogP contribution is -2.41. The van der Waals surface area contributed by atoms with Crippen molar-refractivity contribution in [1.29, 1.82) is 0 Å². The van der Waals surface area contributed by atoms with Crippen molar-refractivity contribution in [3.05, 3.63) is 59.9 Å². The van der Waals surface area contributed by atoms with Crippen LogP contribution >= 0.6 is 0 Å². The van der Waals surface area contributed by atoms with E-state index < -0.39 is 0 Å². The highest BCUT2D eigenvalue weighted by Gasteiger charge is 2.39. The molecule has 6 nitrogen and oxygen atoms in total. The van der Waals surface area contributed by atoms with Crippen molar-refractivity contribution in [3.63, 3.8) is 0 Å². The molecule has 2 fully saturated rings. The molecule has 0 bridgehead atoms. The molecule has 176 valence electrons. The first-order chi connectivity index (χ1) is 15.9. The Morgan fingerprint density at radius 3 is 2.21 bits per heavy atom. The Hall–Kier alpha value is -2.77. The van der Waals surface area contributed by atoms with Crippen molar-refractivity contribution in [1.82, 2.24) is 9.80 Å². The van der Waals surface area contributed by atoms with Crippen LogP contribution in [0, 0.1) is 17.7 Å². The number of hydrogen-bond acceptors (Lipinski definition) is 4. The predicted molar refractivity (Wildman–Crippen MR) is 128 cm³/mol. The summed E-state index contributed by atoms with van der Waals surface area (Å²) in [5.41, 5.74) is 2.72. The number of carbonyl (C=O) groups excluding carboxylic acids is 2. The summed E-state index contributed by atoms with van der Waals surface area (Å²) in [6.07, 6.45) is 3.13. The van der Waals surface area contributed by atoms with E-state index in [1.54, 1.807) is 12.1 Å². The van der Waals surface area contributed by atoms with Crippen molar-refractivity contribution in [2.24, 2.45) is 11.8 Å². The van der Waals surface area contributed by atoms with Gasteiger partial charge in [-0.2, -0.15) is 0 Å². The number of carbonyl (C=O) groups is 2. The Morgan fingerprint density at radius 2 is 1.58 bits per heavy atom. The maximum Gasteiger partial charge on any atom is 0.228 e. The predicted octanol–water partition coefficient (Wildman–Crippen LogP) is 3.96. The van der Waals surface area contributed by atoms with E-state index in [1.165, 1.54) is 24.6 Å². The van der Waals surface area contributed by atoms with Gasteiger partial charge in [-0.3, -0.25) is 14.5 Å². The van der Waals surface area contributed by atoms with E-state index >= 15 is 0 Å². The van der Waals surface area contributed by atoms with Gasteiger partial charge in [-0.15, -0.1) is 0 Å². The van der Waals surface area contributed by atoms with Crippen molar-refractivity contribution in [2.75, 3.05) is 37.3 Å². The van der Waals surface area contributed by atoms with Crippen LogP contribution in [0.1, 0.15) is 31.7 Å². The Bertz CT molecular complexity index is 955. The maximum atomic E-state index is 13.1. The summed E-state index contributed by atoms with van der Waals surface area (Å²) in [6, 6.07) is 14.4. The van der Waals surface area contributed by atoms with E-state index in [2.05, 4.69) is 39.6 Å². The molecule has 2 aromatic carbocycles. The lowest BCUT2D eigenvalue weighted by Gasteiger charge is -2.37. The fourth-order valence-electron chi connectivity index (χ4n) is 5.20. The average molecular weight is 453 g/mol. The van der Waals surface area contributed by atoms with E-state index in [1.807, 2.05) is 12.1 Å². The van der Waals surface area contributed by atoms with E-state index in [-0.39, 0.29) is 23.5 Å². The molecule has 0 radical (unpaired) electrons. The number of likely N-dealkylation sites (tertiary alicyclic amines) is 2. The van der Waals surface area contributed by atoms with Gasteiger partial charge < -0.3 is 15.5 Å². The number of amides is 2. The van der Waals surface area contributed by atoms with Crippen molar-refractivity contribution in [3.8, 4) is 0 Å². The van der Waals surface area contributed by atoms with Crippen molar-refractivity contribution >= 4 is 23.2 Å². The summed E-state index contributed by atoms with van der Waals surface area (Å²) >= 11 is 0. The molecular formula is C26H33FN4O2.